The van der Waals surface area contributed by atoms with Gasteiger partial charge in [0.05, 0.1) is 32.4 Å². The molecule has 0 aromatic heterocycles. The molecule has 0 aliphatic carbocycles. The van der Waals surface area contributed by atoms with Gasteiger partial charge in [-0.15, -0.1) is 0 Å². The number of amides is 2. The van der Waals surface area contributed by atoms with Crippen LogP contribution in [0.2, 0.25) is 0 Å². The molecule has 2 amide bonds. The van der Waals surface area contributed by atoms with E-state index in [1.54, 1.807) is 41.3 Å². The highest BCUT2D eigenvalue weighted by molar-refractivity contribution is 7.89. The monoisotopic (exact) mass is 579 g/mol. The summed E-state index contributed by atoms with van der Waals surface area (Å²) in [5, 5.41) is 2.89. The van der Waals surface area contributed by atoms with Crippen molar-refractivity contribution in [2.75, 3.05) is 38.8 Å². The number of anilines is 1. The molecule has 1 N–H and O–H groups in total. The average Bonchev–Trinajstić information content (AvgIpc) is 3.02. The average molecular weight is 580 g/mol. The molecule has 0 unspecified atom stereocenters. The van der Waals surface area contributed by atoms with Crippen LogP contribution in [0.25, 0.3) is 0 Å². The Morgan fingerprint density at radius 3 is 2.49 bits per heavy atom. The molecule has 1 saturated heterocycles. The van der Waals surface area contributed by atoms with E-state index in [4.69, 9.17) is 14.2 Å². The van der Waals surface area contributed by atoms with Crippen LogP contribution in [0, 0.1) is 5.92 Å². The van der Waals surface area contributed by atoms with Gasteiger partial charge in [-0.3, -0.25) is 9.59 Å². The summed E-state index contributed by atoms with van der Waals surface area (Å²) in [5.41, 5.74) is 1.50. The molecule has 0 bridgehead atoms. The second-order valence-corrected chi connectivity index (χ2v) is 11.9. The van der Waals surface area contributed by atoms with Gasteiger partial charge in [0.15, 0.2) is 6.10 Å². The van der Waals surface area contributed by atoms with Crippen molar-refractivity contribution in [1.29, 1.82) is 0 Å². The molecular weight excluding hydrogens is 546 g/mol. The molecule has 2 atom stereocenters. The first kappa shape index (κ1) is 28.4. The van der Waals surface area contributed by atoms with Crippen LogP contribution in [0.15, 0.2) is 77.7 Å². The number of ether oxygens (including phenoxy) is 3. The van der Waals surface area contributed by atoms with E-state index in [2.05, 4.69) is 5.32 Å². The molecule has 216 valence electrons. The molecule has 3 aromatic carbocycles. The van der Waals surface area contributed by atoms with Gasteiger partial charge < -0.3 is 24.4 Å². The number of hydrogen-bond donors (Lipinski definition) is 1. The molecule has 41 heavy (non-hydrogen) atoms. The lowest BCUT2D eigenvalue weighted by Crippen LogP contribution is -2.53. The molecule has 2 aliphatic heterocycles. The van der Waals surface area contributed by atoms with Crippen molar-refractivity contribution in [2.45, 2.75) is 30.4 Å². The quantitative estimate of drug-likeness (QED) is 0.436. The second kappa shape index (κ2) is 12.2. The summed E-state index contributed by atoms with van der Waals surface area (Å²) < 4.78 is 45.3. The number of carbonyl (C=O) groups is 2. The molecule has 0 spiro atoms. The lowest BCUT2D eigenvalue weighted by atomic mass is 9.97. The predicted molar refractivity (Wildman–Crippen MR) is 153 cm³/mol. The zero-order valence-electron chi connectivity index (χ0n) is 23.0. The van der Waals surface area contributed by atoms with Crippen molar-refractivity contribution in [3.63, 3.8) is 0 Å². The van der Waals surface area contributed by atoms with Gasteiger partial charge >= 0.3 is 0 Å². The van der Waals surface area contributed by atoms with E-state index < -0.39 is 22.0 Å². The van der Waals surface area contributed by atoms with Gasteiger partial charge in [-0.25, -0.2) is 8.42 Å². The van der Waals surface area contributed by atoms with Crippen LogP contribution in [0.3, 0.4) is 0 Å². The van der Waals surface area contributed by atoms with Crippen molar-refractivity contribution in [1.82, 2.24) is 9.62 Å². The number of methoxy groups -OCH3 is 2. The van der Waals surface area contributed by atoms with E-state index in [1.165, 1.54) is 24.6 Å². The minimum Gasteiger partial charge on any atom is -0.497 e. The van der Waals surface area contributed by atoms with E-state index in [1.807, 2.05) is 30.3 Å². The zero-order chi connectivity index (χ0) is 29.0. The number of carbonyl (C=O) groups excluding carboxylic acids is 2. The Balaban J connectivity index is 1.35. The van der Waals surface area contributed by atoms with Gasteiger partial charge in [0.25, 0.3) is 5.91 Å². The van der Waals surface area contributed by atoms with Crippen LogP contribution in [-0.2, 0) is 26.2 Å². The molecule has 2 heterocycles. The highest BCUT2D eigenvalue weighted by Gasteiger charge is 2.40. The summed E-state index contributed by atoms with van der Waals surface area (Å²) in [6.45, 7) is 0.629. The van der Waals surface area contributed by atoms with Gasteiger partial charge in [0.2, 0.25) is 15.9 Å². The molecule has 2 aliphatic rings. The number of rotatable bonds is 8. The fourth-order valence-electron chi connectivity index (χ4n) is 5.19. The molecular formula is C30H33N3O7S. The first-order valence-corrected chi connectivity index (χ1v) is 14.9. The van der Waals surface area contributed by atoms with Crippen LogP contribution < -0.4 is 24.4 Å². The third-order valence-electron chi connectivity index (χ3n) is 7.36. The molecule has 5 rings (SSSR count). The first-order valence-electron chi connectivity index (χ1n) is 13.4. The van der Waals surface area contributed by atoms with E-state index in [-0.39, 0.29) is 42.1 Å². The highest BCUT2D eigenvalue weighted by atomic mass is 32.2. The van der Waals surface area contributed by atoms with Crippen molar-refractivity contribution >= 4 is 27.5 Å². The summed E-state index contributed by atoms with van der Waals surface area (Å²) in [7, 11) is -1.11. The van der Waals surface area contributed by atoms with E-state index >= 15 is 0 Å². The van der Waals surface area contributed by atoms with Gasteiger partial charge in [0, 0.05) is 25.7 Å². The Kier molecular flexibility index (Phi) is 8.46. The molecule has 1 fully saturated rings. The number of benzene rings is 3. The molecule has 0 saturated carbocycles. The van der Waals surface area contributed by atoms with Gasteiger partial charge in [-0.05, 0) is 42.7 Å². The standard InChI is InChI=1S/C30H33N3O7S/c1-38-23-14-15-26(39-2)28(17-23)41(36,37)32-16-8-11-22(19-32)30(35)33-20-27(40-25-13-7-6-12-24(25)33)29(34)31-18-21-9-4-3-5-10-21/h3-7,9-10,12-15,17,22,27H,8,11,16,18-20H2,1-2H3,(H,31,34)/t22-,27-/m1/s1. The summed E-state index contributed by atoms with van der Waals surface area (Å²) in [5.74, 6) is -0.179. The number of para-hydroxylation sites is 2. The largest absolute Gasteiger partial charge is 0.497 e. The first-order chi connectivity index (χ1) is 19.8. The van der Waals surface area contributed by atoms with Crippen molar-refractivity contribution < 1.29 is 32.2 Å². The lowest BCUT2D eigenvalue weighted by Gasteiger charge is -2.38. The Morgan fingerprint density at radius 1 is 0.976 bits per heavy atom. The predicted octanol–water partition coefficient (Wildman–Crippen LogP) is 3.22. The Morgan fingerprint density at radius 2 is 1.73 bits per heavy atom. The molecule has 11 heteroatoms. The number of piperidine rings is 1. The Labute approximate surface area is 239 Å². The second-order valence-electron chi connectivity index (χ2n) is 9.95. The minimum absolute atomic E-state index is 0.00588. The highest BCUT2D eigenvalue weighted by Crippen LogP contribution is 2.37. The van der Waals surface area contributed by atoms with Gasteiger partial charge in [0.1, 0.15) is 22.1 Å². The van der Waals surface area contributed by atoms with Crippen molar-refractivity contribution in [2.24, 2.45) is 5.92 Å². The Hall–Kier alpha value is -4.09. The maximum atomic E-state index is 14.0. The Bertz CT molecular complexity index is 1510. The number of nitrogens with one attached hydrogen (secondary N) is 1. The maximum Gasteiger partial charge on any atom is 0.263 e. The number of nitrogens with zero attached hydrogens (tertiary/aromatic N) is 2. The molecule has 3 aromatic rings. The summed E-state index contributed by atoms with van der Waals surface area (Å²) >= 11 is 0. The maximum absolute atomic E-state index is 14.0. The number of fused-ring (bicyclic) bond motifs is 1. The van der Waals surface area contributed by atoms with Crippen molar-refractivity contribution in [3.05, 3.63) is 78.4 Å². The lowest BCUT2D eigenvalue weighted by molar-refractivity contribution is -0.129. The van der Waals surface area contributed by atoms with Crippen LogP contribution in [-0.4, -0.2) is 64.5 Å². The van der Waals surface area contributed by atoms with Crippen molar-refractivity contribution in [3.8, 4) is 17.2 Å². The SMILES string of the molecule is COc1ccc(OC)c(S(=O)(=O)N2CCC[C@@H](C(=O)N3C[C@H](C(=O)NCc4ccccc4)Oc4ccccc43)C2)c1. The van der Waals surface area contributed by atoms with Gasteiger partial charge in [-0.2, -0.15) is 4.31 Å². The van der Waals surface area contributed by atoms with Crippen LogP contribution >= 0.6 is 0 Å². The summed E-state index contributed by atoms with van der Waals surface area (Å²) in [6, 6.07) is 21.2. The topological polar surface area (TPSA) is 114 Å². The molecule has 10 nitrogen and oxygen atoms in total. The van der Waals surface area contributed by atoms with Crippen LogP contribution in [0.4, 0.5) is 5.69 Å². The summed E-state index contributed by atoms with van der Waals surface area (Å²) in [6.07, 6.45) is 0.112. The number of hydrogen-bond acceptors (Lipinski definition) is 7. The third-order valence-corrected chi connectivity index (χ3v) is 9.25. The smallest absolute Gasteiger partial charge is 0.263 e. The summed E-state index contributed by atoms with van der Waals surface area (Å²) in [4.78, 5) is 28.6. The minimum atomic E-state index is -3.98. The number of sulfonamides is 1. The zero-order valence-corrected chi connectivity index (χ0v) is 23.8. The third kappa shape index (κ3) is 6.01. The van der Waals surface area contributed by atoms with Gasteiger partial charge in [-0.1, -0.05) is 42.5 Å². The van der Waals surface area contributed by atoms with Crippen LogP contribution in [0.1, 0.15) is 18.4 Å². The molecule has 0 radical (unpaired) electrons. The normalized spacial score (nSPS) is 19.0. The fourth-order valence-corrected chi connectivity index (χ4v) is 6.88. The van der Waals surface area contributed by atoms with E-state index in [9.17, 15) is 18.0 Å². The van der Waals surface area contributed by atoms with E-state index in [0.717, 1.165) is 5.56 Å². The van der Waals surface area contributed by atoms with E-state index in [0.29, 0.717) is 36.6 Å². The fraction of sp³-hybridized carbons (Fsp3) is 0.333. The van der Waals surface area contributed by atoms with Crippen LogP contribution in [0.5, 0.6) is 17.2 Å².